The molecule has 4 fully saturated rings. The minimum Gasteiger partial charge on any atom is -0.316 e. The lowest BCUT2D eigenvalue weighted by atomic mass is 9.60. The predicted octanol–water partition coefficient (Wildman–Crippen LogP) is 1.64. The molecular weight excluding hydrogens is 134 g/mol. The van der Waals surface area contributed by atoms with Crippen LogP contribution in [0.3, 0.4) is 0 Å². The van der Waals surface area contributed by atoms with Gasteiger partial charge in [-0.25, -0.2) is 0 Å². The van der Waals surface area contributed by atoms with Crippen LogP contribution in [0, 0.1) is 23.7 Å². The Balaban J connectivity index is 1.89. The molecule has 1 aliphatic heterocycles. The standard InChI is InChI=1S/C10H17N/c1-2-8-4-3-7(1)9-5-11-6-10(8)9/h7-11H,1-6H2/t7?,8?,9-,10+. The summed E-state index contributed by atoms with van der Waals surface area (Å²) in [4.78, 5) is 0. The molecule has 4 rings (SSSR count). The summed E-state index contributed by atoms with van der Waals surface area (Å²) >= 11 is 0. The zero-order valence-corrected chi connectivity index (χ0v) is 7.05. The summed E-state index contributed by atoms with van der Waals surface area (Å²) in [6, 6.07) is 0. The fourth-order valence-corrected chi connectivity index (χ4v) is 3.75. The van der Waals surface area contributed by atoms with Crippen molar-refractivity contribution < 1.29 is 0 Å². The maximum atomic E-state index is 3.57. The Morgan fingerprint density at radius 1 is 0.727 bits per heavy atom. The van der Waals surface area contributed by atoms with Crippen molar-refractivity contribution in [2.24, 2.45) is 23.7 Å². The van der Waals surface area contributed by atoms with E-state index in [0.717, 1.165) is 23.7 Å². The van der Waals surface area contributed by atoms with E-state index in [0.29, 0.717) is 0 Å². The molecule has 1 heterocycles. The van der Waals surface area contributed by atoms with Crippen LogP contribution in [0.25, 0.3) is 0 Å². The molecule has 2 bridgehead atoms. The third-order valence-corrected chi connectivity index (χ3v) is 4.34. The van der Waals surface area contributed by atoms with Gasteiger partial charge >= 0.3 is 0 Å². The molecule has 1 nitrogen and oxygen atoms in total. The fraction of sp³-hybridized carbons (Fsp3) is 1.00. The van der Waals surface area contributed by atoms with Crippen molar-refractivity contribution in [1.82, 2.24) is 5.32 Å². The Hall–Kier alpha value is -0.0400. The van der Waals surface area contributed by atoms with Crippen LogP contribution in [0.15, 0.2) is 0 Å². The first-order chi connectivity index (χ1) is 5.45. The van der Waals surface area contributed by atoms with Crippen LogP contribution in [0.2, 0.25) is 0 Å². The van der Waals surface area contributed by atoms with E-state index in [-0.39, 0.29) is 0 Å². The quantitative estimate of drug-likeness (QED) is 0.555. The van der Waals surface area contributed by atoms with Gasteiger partial charge in [-0.2, -0.15) is 0 Å². The van der Waals surface area contributed by atoms with Crippen molar-refractivity contribution in [1.29, 1.82) is 0 Å². The molecule has 0 aromatic heterocycles. The van der Waals surface area contributed by atoms with E-state index >= 15 is 0 Å². The summed E-state index contributed by atoms with van der Waals surface area (Å²) in [5.74, 6) is 4.39. The molecule has 0 spiro atoms. The number of rotatable bonds is 0. The van der Waals surface area contributed by atoms with Gasteiger partial charge in [0.05, 0.1) is 0 Å². The second-order valence-corrected chi connectivity index (χ2v) is 4.66. The Labute approximate surface area is 68.6 Å². The van der Waals surface area contributed by atoms with E-state index in [1.807, 2.05) is 0 Å². The van der Waals surface area contributed by atoms with Gasteiger partial charge in [-0.3, -0.25) is 0 Å². The molecule has 1 saturated heterocycles. The number of nitrogens with one attached hydrogen (secondary N) is 1. The number of hydrogen-bond acceptors (Lipinski definition) is 1. The van der Waals surface area contributed by atoms with Crippen LogP contribution in [-0.2, 0) is 0 Å². The lowest BCUT2D eigenvalue weighted by Gasteiger charge is -2.45. The largest absolute Gasteiger partial charge is 0.316 e. The maximum Gasteiger partial charge on any atom is -0.00145 e. The van der Waals surface area contributed by atoms with Crippen LogP contribution in [-0.4, -0.2) is 13.1 Å². The van der Waals surface area contributed by atoms with Gasteiger partial charge in [0.2, 0.25) is 0 Å². The minimum absolute atomic E-state index is 1.09. The molecule has 62 valence electrons. The monoisotopic (exact) mass is 151 g/mol. The summed E-state index contributed by atoms with van der Waals surface area (Å²) < 4.78 is 0. The molecule has 0 aromatic carbocycles. The Morgan fingerprint density at radius 2 is 1.18 bits per heavy atom. The van der Waals surface area contributed by atoms with Gasteiger partial charge in [0.1, 0.15) is 0 Å². The number of fused-ring (bicyclic) bond motifs is 2. The van der Waals surface area contributed by atoms with Gasteiger partial charge in [0.15, 0.2) is 0 Å². The average molecular weight is 151 g/mol. The highest BCUT2D eigenvalue weighted by Crippen LogP contribution is 2.49. The zero-order chi connectivity index (χ0) is 7.26. The summed E-state index contributed by atoms with van der Waals surface area (Å²) in [6.45, 7) is 2.68. The van der Waals surface area contributed by atoms with E-state index in [1.54, 1.807) is 25.7 Å². The normalized spacial score (nSPS) is 54.5. The molecule has 11 heavy (non-hydrogen) atoms. The Morgan fingerprint density at radius 3 is 1.64 bits per heavy atom. The van der Waals surface area contributed by atoms with Gasteiger partial charge in [0, 0.05) is 0 Å². The summed E-state index contributed by atoms with van der Waals surface area (Å²) in [6.07, 6.45) is 6.20. The second kappa shape index (κ2) is 2.22. The van der Waals surface area contributed by atoms with E-state index < -0.39 is 0 Å². The van der Waals surface area contributed by atoms with Crippen LogP contribution >= 0.6 is 0 Å². The van der Waals surface area contributed by atoms with Crippen molar-refractivity contribution in [2.45, 2.75) is 25.7 Å². The highest BCUT2D eigenvalue weighted by Gasteiger charge is 2.45. The average Bonchev–Trinajstić information content (AvgIpc) is 2.55. The van der Waals surface area contributed by atoms with Gasteiger partial charge in [-0.1, -0.05) is 0 Å². The van der Waals surface area contributed by atoms with Crippen molar-refractivity contribution in [3.63, 3.8) is 0 Å². The highest BCUT2D eigenvalue weighted by molar-refractivity contribution is 4.97. The molecule has 3 aliphatic carbocycles. The summed E-state index contributed by atoms with van der Waals surface area (Å²) in [5.41, 5.74) is 0. The third kappa shape index (κ3) is 0.807. The van der Waals surface area contributed by atoms with Crippen LogP contribution in [0.4, 0.5) is 0 Å². The first kappa shape index (κ1) is 6.47. The molecule has 3 saturated carbocycles. The smallest absolute Gasteiger partial charge is 0.00145 e. The molecule has 0 unspecified atom stereocenters. The second-order valence-electron chi connectivity index (χ2n) is 4.66. The van der Waals surface area contributed by atoms with E-state index in [9.17, 15) is 0 Å². The molecule has 1 heteroatoms. The molecule has 4 aliphatic rings. The first-order valence-electron chi connectivity index (χ1n) is 5.16. The van der Waals surface area contributed by atoms with Crippen LogP contribution < -0.4 is 5.32 Å². The van der Waals surface area contributed by atoms with Crippen LogP contribution in [0.1, 0.15) is 25.7 Å². The fourth-order valence-electron chi connectivity index (χ4n) is 3.75. The summed E-state index contributed by atoms with van der Waals surface area (Å²) in [5, 5.41) is 3.57. The third-order valence-electron chi connectivity index (χ3n) is 4.34. The topological polar surface area (TPSA) is 12.0 Å². The lowest BCUT2D eigenvalue weighted by molar-refractivity contribution is 0.0577. The van der Waals surface area contributed by atoms with Gasteiger partial charge in [-0.05, 0) is 62.4 Å². The molecule has 1 N–H and O–H groups in total. The molecule has 0 amide bonds. The lowest BCUT2D eigenvalue weighted by Crippen LogP contribution is -2.38. The van der Waals surface area contributed by atoms with Gasteiger partial charge in [-0.15, -0.1) is 0 Å². The van der Waals surface area contributed by atoms with Crippen LogP contribution in [0.5, 0.6) is 0 Å². The van der Waals surface area contributed by atoms with E-state index in [1.165, 1.54) is 13.1 Å². The Bertz CT molecular complexity index is 140. The summed E-state index contributed by atoms with van der Waals surface area (Å²) in [7, 11) is 0. The van der Waals surface area contributed by atoms with Gasteiger partial charge in [0.25, 0.3) is 0 Å². The minimum atomic E-state index is 1.09. The van der Waals surface area contributed by atoms with E-state index in [2.05, 4.69) is 5.32 Å². The molecular formula is C10H17N. The Kier molecular flexibility index (Phi) is 1.31. The van der Waals surface area contributed by atoms with E-state index in [4.69, 9.17) is 0 Å². The molecule has 2 atom stereocenters. The highest BCUT2D eigenvalue weighted by atomic mass is 14.9. The van der Waals surface area contributed by atoms with Crippen molar-refractivity contribution in [3.05, 3.63) is 0 Å². The zero-order valence-electron chi connectivity index (χ0n) is 7.05. The SMILES string of the molecule is C1CC2CCC1[C@H]1CNC[C@@H]21. The van der Waals surface area contributed by atoms with Crippen molar-refractivity contribution >= 4 is 0 Å². The predicted molar refractivity (Wildman–Crippen MR) is 45.3 cm³/mol. The van der Waals surface area contributed by atoms with Crippen molar-refractivity contribution in [2.75, 3.05) is 13.1 Å². The first-order valence-corrected chi connectivity index (χ1v) is 5.16. The van der Waals surface area contributed by atoms with Crippen molar-refractivity contribution in [3.8, 4) is 0 Å². The molecule has 0 radical (unpaired) electrons. The number of hydrogen-bond donors (Lipinski definition) is 1. The van der Waals surface area contributed by atoms with Gasteiger partial charge < -0.3 is 5.32 Å². The molecule has 0 aromatic rings. The maximum absolute atomic E-state index is 3.57.